The lowest BCUT2D eigenvalue weighted by Crippen LogP contribution is -2.48. The van der Waals surface area contributed by atoms with E-state index in [2.05, 4.69) is 15.9 Å². The lowest BCUT2D eigenvalue weighted by Gasteiger charge is -2.33. The number of anilines is 1. The van der Waals surface area contributed by atoms with E-state index in [0.29, 0.717) is 65.5 Å². The number of methoxy groups -OCH3 is 1. The molecule has 0 N–H and O–H groups in total. The van der Waals surface area contributed by atoms with E-state index in [9.17, 15) is 4.79 Å². The summed E-state index contributed by atoms with van der Waals surface area (Å²) in [6.07, 6.45) is 5.44. The third-order valence-corrected chi connectivity index (χ3v) is 4.86. The van der Waals surface area contributed by atoms with Crippen molar-refractivity contribution in [1.82, 2.24) is 14.9 Å². The minimum Gasteiger partial charge on any atom is -0.495 e. The summed E-state index contributed by atoms with van der Waals surface area (Å²) in [6, 6.07) is 9.02. The Morgan fingerprint density at radius 2 is 2.00 bits per heavy atom. The van der Waals surface area contributed by atoms with Crippen molar-refractivity contribution >= 4 is 34.8 Å². The molecule has 1 fully saturated rings. The van der Waals surface area contributed by atoms with Gasteiger partial charge in [-0.3, -0.25) is 4.79 Å². The number of hydrogen-bond acceptors (Lipinski definition) is 6. The van der Waals surface area contributed by atoms with Crippen LogP contribution in [0.15, 0.2) is 34.7 Å². The van der Waals surface area contributed by atoms with Crippen molar-refractivity contribution in [2.75, 3.05) is 38.2 Å². The molecule has 1 amide bonds. The average Bonchev–Trinajstić information content (AvgIpc) is 3.16. The number of oxazole rings is 1. The molecule has 0 radical (unpaired) electrons. The molecule has 4 rings (SSSR count). The molecule has 8 heteroatoms. The Hall–Kier alpha value is -3.24. The first-order chi connectivity index (χ1) is 13.6. The molecule has 0 unspecified atom stereocenters. The number of carbonyl (C=O) groups excluding carboxylic acids is 1. The summed E-state index contributed by atoms with van der Waals surface area (Å²) < 4.78 is 11.0. The molecule has 1 aliphatic rings. The van der Waals surface area contributed by atoms with Gasteiger partial charge < -0.3 is 19.0 Å². The fourth-order valence-electron chi connectivity index (χ4n) is 3.15. The molecule has 1 saturated heterocycles. The first-order valence-electron chi connectivity index (χ1n) is 8.71. The van der Waals surface area contributed by atoms with Crippen LogP contribution in [0.3, 0.4) is 0 Å². The Balaban J connectivity index is 1.46. The van der Waals surface area contributed by atoms with Gasteiger partial charge in [-0.25, -0.2) is 4.98 Å². The van der Waals surface area contributed by atoms with Gasteiger partial charge in [0.1, 0.15) is 10.9 Å². The van der Waals surface area contributed by atoms with Crippen LogP contribution in [-0.2, 0) is 0 Å². The van der Waals surface area contributed by atoms with Crippen LogP contribution < -0.4 is 9.64 Å². The maximum atomic E-state index is 12.8. The van der Waals surface area contributed by atoms with Gasteiger partial charge in [-0.15, -0.1) is 6.42 Å². The Kier molecular flexibility index (Phi) is 4.80. The Morgan fingerprint density at radius 3 is 2.71 bits per heavy atom. The van der Waals surface area contributed by atoms with Gasteiger partial charge in [-0.05, 0) is 30.3 Å². The molecule has 1 aromatic carbocycles. The zero-order valence-corrected chi connectivity index (χ0v) is 15.9. The number of hydrogen-bond donors (Lipinski definition) is 0. The van der Waals surface area contributed by atoms with E-state index in [1.54, 1.807) is 35.2 Å². The van der Waals surface area contributed by atoms with Crippen molar-refractivity contribution in [3.05, 3.63) is 46.6 Å². The zero-order chi connectivity index (χ0) is 19.7. The number of pyridine rings is 1. The number of halogens is 1. The Bertz CT molecular complexity index is 1080. The lowest BCUT2D eigenvalue weighted by molar-refractivity contribution is 0.0744. The Labute approximate surface area is 166 Å². The number of rotatable bonds is 3. The molecule has 0 atom stereocenters. The van der Waals surface area contributed by atoms with Gasteiger partial charge in [0.2, 0.25) is 5.65 Å². The number of carbonyl (C=O) groups is 1. The Morgan fingerprint density at radius 1 is 1.21 bits per heavy atom. The van der Waals surface area contributed by atoms with Gasteiger partial charge in [0.05, 0.1) is 12.7 Å². The molecule has 0 bridgehead atoms. The molecule has 1 aliphatic heterocycles. The average molecular weight is 397 g/mol. The van der Waals surface area contributed by atoms with E-state index in [4.69, 9.17) is 27.2 Å². The second-order valence-electron chi connectivity index (χ2n) is 6.29. The highest BCUT2D eigenvalue weighted by Crippen LogP contribution is 2.24. The van der Waals surface area contributed by atoms with Gasteiger partial charge in [-0.1, -0.05) is 17.5 Å². The van der Waals surface area contributed by atoms with E-state index in [0.717, 1.165) is 0 Å². The fourth-order valence-corrected chi connectivity index (χ4v) is 3.29. The molecule has 7 nitrogen and oxygen atoms in total. The van der Waals surface area contributed by atoms with Crippen LogP contribution in [0.1, 0.15) is 15.9 Å². The van der Waals surface area contributed by atoms with E-state index in [1.807, 2.05) is 4.90 Å². The molecule has 0 saturated carbocycles. The number of fused-ring (bicyclic) bond motifs is 1. The number of amides is 1. The maximum Gasteiger partial charge on any atom is 0.300 e. The summed E-state index contributed by atoms with van der Waals surface area (Å²) in [6.45, 7) is 2.30. The number of ether oxygens (including phenoxy) is 1. The lowest BCUT2D eigenvalue weighted by atomic mass is 10.1. The minimum atomic E-state index is -0.0625. The summed E-state index contributed by atoms with van der Waals surface area (Å²) in [5.41, 5.74) is 2.22. The van der Waals surface area contributed by atoms with E-state index in [-0.39, 0.29) is 5.91 Å². The largest absolute Gasteiger partial charge is 0.495 e. The fraction of sp³-hybridized carbons (Fsp3) is 0.250. The van der Waals surface area contributed by atoms with Crippen molar-refractivity contribution in [1.29, 1.82) is 0 Å². The van der Waals surface area contributed by atoms with E-state index in [1.165, 1.54) is 7.11 Å². The molecular formula is C20H17ClN4O3. The van der Waals surface area contributed by atoms with Crippen molar-refractivity contribution in [2.45, 2.75) is 0 Å². The molecule has 0 spiro atoms. The molecule has 3 heterocycles. The van der Waals surface area contributed by atoms with Crippen molar-refractivity contribution in [3.63, 3.8) is 0 Å². The number of nitrogens with zero attached hydrogens (tertiary/aromatic N) is 4. The van der Waals surface area contributed by atoms with Crippen LogP contribution in [0.2, 0.25) is 5.15 Å². The van der Waals surface area contributed by atoms with Gasteiger partial charge in [0, 0.05) is 31.7 Å². The quantitative estimate of drug-likeness (QED) is 0.500. The molecular weight excluding hydrogens is 380 g/mol. The normalized spacial score (nSPS) is 14.2. The number of piperazine rings is 1. The first-order valence-corrected chi connectivity index (χ1v) is 9.09. The number of benzene rings is 1. The minimum absolute atomic E-state index is 0.0625. The van der Waals surface area contributed by atoms with Crippen LogP contribution in [0, 0.1) is 12.3 Å². The molecule has 142 valence electrons. The topological polar surface area (TPSA) is 71.7 Å². The summed E-state index contributed by atoms with van der Waals surface area (Å²) >= 11 is 5.90. The smallest absolute Gasteiger partial charge is 0.300 e. The predicted octanol–water partition coefficient (Wildman–Crippen LogP) is 2.83. The van der Waals surface area contributed by atoms with Gasteiger partial charge in [0.25, 0.3) is 11.9 Å². The van der Waals surface area contributed by atoms with Crippen molar-refractivity contribution in [3.8, 4) is 18.1 Å². The third-order valence-electron chi connectivity index (χ3n) is 4.65. The van der Waals surface area contributed by atoms with Gasteiger partial charge in [0.15, 0.2) is 5.58 Å². The maximum absolute atomic E-state index is 12.8. The standard InChI is InChI=1S/C20H17ClN4O3/c1-3-13-4-5-14(12-16(13)27-2)19(26)24-8-10-25(11-9-24)20-23-18-15(28-20)6-7-17(21)22-18/h1,4-7,12H,8-11H2,2H3. The summed E-state index contributed by atoms with van der Waals surface area (Å²) in [4.78, 5) is 25.1. The first kappa shape index (κ1) is 18.1. The highest BCUT2D eigenvalue weighted by Gasteiger charge is 2.25. The number of aromatic nitrogens is 2. The van der Waals surface area contributed by atoms with Crippen LogP contribution in [-0.4, -0.2) is 54.1 Å². The second kappa shape index (κ2) is 7.41. The van der Waals surface area contributed by atoms with Gasteiger partial charge >= 0.3 is 0 Å². The van der Waals surface area contributed by atoms with Crippen LogP contribution in [0.5, 0.6) is 5.75 Å². The zero-order valence-electron chi connectivity index (χ0n) is 15.2. The molecule has 28 heavy (non-hydrogen) atoms. The SMILES string of the molecule is C#Cc1ccc(C(=O)N2CCN(c3nc4nc(Cl)ccc4o3)CC2)cc1OC. The summed E-state index contributed by atoms with van der Waals surface area (Å²) in [5.74, 6) is 3.00. The summed E-state index contributed by atoms with van der Waals surface area (Å²) in [7, 11) is 1.53. The highest BCUT2D eigenvalue weighted by atomic mass is 35.5. The highest BCUT2D eigenvalue weighted by molar-refractivity contribution is 6.29. The van der Waals surface area contributed by atoms with Crippen LogP contribution in [0.25, 0.3) is 11.2 Å². The van der Waals surface area contributed by atoms with E-state index >= 15 is 0 Å². The van der Waals surface area contributed by atoms with Crippen molar-refractivity contribution in [2.24, 2.45) is 0 Å². The molecule has 0 aliphatic carbocycles. The van der Waals surface area contributed by atoms with Crippen LogP contribution in [0.4, 0.5) is 6.01 Å². The van der Waals surface area contributed by atoms with Crippen molar-refractivity contribution < 1.29 is 13.9 Å². The van der Waals surface area contributed by atoms with E-state index < -0.39 is 0 Å². The summed E-state index contributed by atoms with van der Waals surface area (Å²) in [5, 5.41) is 0.369. The molecule has 2 aromatic heterocycles. The van der Waals surface area contributed by atoms with Gasteiger partial charge in [-0.2, -0.15) is 4.98 Å². The predicted molar refractivity (Wildman–Crippen MR) is 106 cm³/mol. The number of terminal acetylenes is 1. The second-order valence-corrected chi connectivity index (χ2v) is 6.68. The monoisotopic (exact) mass is 396 g/mol. The third kappa shape index (κ3) is 3.35. The molecule has 3 aromatic rings. The van der Waals surface area contributed by atoms with Crippen LogP contribution >= 0.6 is 11.6 Å².